The number of benzene rings is 2. The Morgan fingerprint density at radius 2 is 2.13 bits per heavy atom. The quantitative estimate of drug-likeness (QED) is 0.916. The van der Waals surface area contributed by atoms with Gasteiger partial charge in [-0.1, -0.05) is 24.3 Å². The lowest BCUT2D eigenvalue weighted by Crippen LogP contribution is -2.34. The van der Waals surface area contributed by atoms with Crippen LogP contribution in [-0.4, -0.2) is 18.0 Å². The Morgan fingerprint density at radius 3 is 2.91 bits per heavy atom. The van der Waals surface area contributed by atoms with Gasteiger partial charge in [-0.15, -0.1) is 0 Å². The average molecular weight is 309 g/mol. The molecule has 0 spiro atoms. The van der Waals surface area contributed by atoms with E-state index in [1.165, 1.54) is 17.7 Å². The lowest BCUT2D eigenvalue weighted by atomic mass is 10.1. The summed E-state index contributed by atoms with van der Waals surface area (Å²) < 4.78 is 13.2. The molecule has 0 fully saturated rings. The van der Waals surface area contributed by atoms with Gasteiger partial charge >= 0.3 is 6.03 Å². The van der Waals surface area contributed by atoms with E-state index < -0.39 is 5.82 Å². The van der Waals surface area contributed by atoms with Gasteiger partial charge in [0.25, 0.3) is 0 Å². The molecule has 0 heterocycles. The smallest absolute Gasteiger partial charge is 0.321 e. The Morgan fingerprint density at radius 1 is 1.35 bits per heavy atom. The maximum absolute atomic E-state index is 13.2. The fraction of sp³-hybridized carbons (Fsp3) is 0.222. The van der Waals surface area contributed by atoms with Crippen molar-refractivity contribution in [2.45, 2.75) is 18.9 Å². The molecule has 0 bridgehead atoms. The normalized spacial score (nSPS) is 15.6. The number of carbonyl (C=O) groups is 1. The number of halogens is 1. The van der Waals surface area contributed by atoms with E-state index >= 15 is 0 Å². The van der Waals surface area contributed by atoms with Gasteiger partial charge < -0.3 is 10.2 Å². The molecule has 1 unspecified atom stereocenters. The van der Waals surface area contributed by atoms with Gasteiger partial charge in [0.2, 0.25) is 0 Å². The van der Waals surface area contributed by atoms with Crippen LogP contribution in [0.4, 0.5) is 14.9 Å². The van der Waals surface area contributed by atoms with Gasteiger partial charge in [-0.3, -0.25) is 0 Å². The van der Waals surface area contributed by atoms with Crippen molar-refractivity contribution in [2.75, 3.05) is 12.4 Å². The van der Waals surface area contributed by atoms with Gasteiger partial charge in [0, 0.05) is 7.05 Å². The molecule has 23 heavy (non-hydrogen) atoms. The highest BCUT2D eigenvalue weighted by atomic mass is 19.1. The lowest BCUT2D eigenvalue weighted by molar-refractivity contribution is 0.204. The van der Waals surface area contributed by atoms with E-state index in [0.717, 1.165) is 24.5 Å². The summed E-state index contributed by atoms with van der Waals surface area (Å²) in [5, 5.41) is 11.7. The minimum absolute atomic E-state index is 0.0113. The Balaban J connectivity index is 1.78. The van der Waals surface area contributed by atoms with E-state index in [0.29, 0.717) is 5.69 Å². The Bertz CT molecular complexity index is 797. The fourth-order valence-corrected chi connectivity index (χ4v) is 3.00. The molecule has 2 aromatic carbocycles. The molecule has 1 atom stereocenters. The number of carbonyl (C=O) groups excluding carboxylic acids is 1. The molecule has 3 rings (SSSR count). The first-order chi connectivity index (χ1) is 11.1. The van der Waals surface area contributed by atoms with Gasteiger partial charge in [-0.25, -0.2) is 9.18 Å². The number of hydrogen-bond donors (Lipinski definition) is 1. The van der Waals surface area contributed by atoms with Crippen molar-refractivity contribution in [3.8, 4) is 6.07 Å². The zero-order chi connectivity index (χ0) is 16.4. The first kappa shape index (κ1) is 15.0. The Hall–Kier alpha value is -2.87. The number of nitrogens with zero attached hydrogens (tertiary/aromatic N) is 2. The highest BCUT2D eigenvalue weighted by Gasteiger charge is 2.28. The molecule has 0 saturated carbocycles. The molecule has 0 radical (unpaired) electrons. The highest BCUT2D eigenvalue weighted by molar-refractivity contribution is 5.91. The van der Waals surface area contributed by atoms with E-state index in [9.17, 15) is 9.18 Å². The van der Waals surface area contributed by atoms with Crippen LogP contribution in [0.5, 0.6) is 0 Å². The minimum atomic E-state index is -0.502. The third kappa shape index (κ3) is 2.88. The molecule has 1 aliphatic carbocycles. The Kier molecular flexibility index (Phi) is 3.98. The molecule has 116 valence electrons. The molecule has 2 aromatic rings. The van der Waals surface area contributed by atoms with E-state index in [1.54, 1.807) is 11.9 Å². The predicted octanol–water partition coefficient (Wildman–Crippen LogP) is 3.85. The van der Waals surface area contributed by atoms with E-state index in [2.05, 4.69) is 11.4 Å². The summed E-state index contributed by atoms with van der Waals surface area (Å²) >= 11 is 0. The SMILES string of the molecule is CN(C(=O)Nc1ccc(F)cc1C#N)C1CCc2ccccc21. The first-order valence-electron chi connectivity index (χ1n) is 7.41. The van der Waals surface area contributed by atoms with Gasteiger partial charge in [0.15, 0.2) is 0 Å². The summed E-state index contributed by atoms with van der Waals surface area (Å²) in [6.07, 6.45) is 1.82. The van der Waals surface area contributed by atoms with Crippen LogP contribution in [0.2, 0.25) is 0 Å². The van der Waals surface area contributed by atoms with Crippen molar-refractivity contribution in [1.29, 1.82) is 5.26 Å². The van der Waals surface area contributed by atoms with E-state index in [4.69, 9.17) is 5.26 Å². The van der Waals surface area contributed by atoms with Crippen LogP contribution in [0.1, 0.15) is 29.2 Å². The number of aryl methyl sites for hydroxylation is 1. The third-order valence-corrected chi connectivity index (χ3v) is 4.23. The third-order valence-electron chi connectivity index (χ3n) is 4.23. The second-order valence-electron chi connectivity index (χ2n) is 5.60. The van der Waals surface area contributed by atoms with Gasteiger partial charge in [-0.2, -0.15) is 5.26 Å². The van der Waals surface area contributed by atoms with Crippen LogP contribution >= 0.6 is 0 Å². The molecule has 1 N–H and O–H groups in total. The predicted molar refractivity (Wildman–Crippen MR) is 85.4 cm³/mol. The van der Waals surface area contributed by atoms with Crippen LogP contribution in [-0.2, 0) is 6.42 Å². The van der Waals surface area contributed by atoms with E-state index in [-0.39, 0.29) is 17.6 Å². The summed E-state index contributed by atoms with van der Waals surface area (Å²) in [5.41, 5.74) is 2.84. The second-order valence-corrected chi connectivity index (χ2v) is 5.60. The van der Waals surface area contributed by atoms with Crippen LogP contribution in [0.15, 0.2) is 42.5 Å². The molecule has 0 aliphatic heterocycles. The molecule has 2 amide bonds. The highest BCUT2D eigenvalue weighted by Crippen LogP contribution is 2.35. The molecule has 1 aliphatic rings. The first-order valence-corrected chi connectivity index (χ1v) is 7.41. The molecule has 4 nitrogen and oxygen atoms in total. The second kappa shape index (κ2) is 6.09. The number of rotatable bonds is 2. The van der Waals surface area contributed by atoms with Gasteiger partial charge in [-0.05, 0) is 42.2 Å². The van der Waals surface area contributed by atoms with Crippen molar-refractivity contribution >= 4 is 11.7 Å². The summed E-state index contributed by atoms with van der Waals surface area (Å²) in [6, 6.07) is 13.4. The maximum atomic E-state index is 13.2. The zero-order valence-electron chi connectivity index (χ0n) is 12.7. The number of nitrogens with one attached hydrogen (secondary N) is 1. The molecular weight excluding hydrogens is 293 g/mol. The number of amides is 2. The standard InChI is InChI=1S/C18H16FN3O/c1-22(17-9-6-12-4-2-3-5-15(12)17)18(23)21-16-8-7-14(19)10-13(16)11-20/h2-5,7-8,10,17H,6,9H2,1H3,(H,21,23). The van der Waals surface area contributed by atoms with Crippen molar-refractivity contribution in [1.82, 2.24) is 4.90 Å². The summed E-state index contributed by atoms with van der Waals surface area (Å²) in [5.74, 6) is -0.502. The van der Waals surface area contributed by atoms with Crippen molar-refractivity contribution < 1.29 is 9.18 Å². The topological polar surface area (TPSA) is 56.1 Å². The molecule has 5 heteroatoms. The molecular formula is C18H16FN3O. The summed E-state index contributed by atoms with van der Waals surface area (Å²) in [6.45, 7) is 0. The Labute approximate surface area is 134 Å². The van der Waals surface area contributed by atoms with Crippen molar-refractivity contribution in [3.05, 3.63) is 65.0 Å². The number of urea groups is 1. The number of nitriles is 1. The fourth-order valence-electron chi connectivity index (χ4n) is 3.00. The van der Waals surface area contributed by atoms with Crippen molar-refractivity contribution in [3.63, 3.8) is 0 Å². The molecule has 0 saturated heterocycles. The van der Waals surface area contributed by atoms with E-state index in [1.807, 2.05) is 24.3 Å². The summed E-state index contributed by atoms with van der Waals surface area (Å²) in [7, 11) is 1.73. The number of fused-ring (bicyclic) bond motifs is 1. The number of anilines is 1. The maximum Gasteiger partial charge on any atom is 0.322 e. The van der Waals surface area contributed by atoms with Gasteiger partial charge in [0.05, 0.1) is 17.3 Å². The molecule has 0 aromatic heterocycles. The lowest BCUT2D eigenvalue weighted by Gasteiger charge is -2.26. The van der Waals surface area contributed by atoms with Crippen LogP contribution in [0, 0.1) is 17.1 Å². The van der Waals surface area contributed by atoms with Gasteiger partial charge in [0.1, 0.15) is 11.9 Å². The zero-order valence-corrected chi connectivity index (χ0v) is 12.7. The van der Waals surface area contributed by atoms with Crippen LogP contribution in [0.3, 0.4) is 0 Å². The minimum Gasteiger partial charge on any atom is -0.321 e. The summed E-state index contributed by atoms with van der Waals surface area (Å²) in [4.78, 5) is 14.1. The average Bonchev–Trinajstić information content (AvgIpc) is 2.99. The monoisotopic (exact) mass is 309 g/mol. The van der Waals surface area contributed by atoms with Crippen LogP contribution < -0.4 is 5.32 Å². The van der Waals surface area contributed by atoms with Crippen LogP contribution in [0.25, 0.3) is 0 Å². The van der Waals surface area contributed by atoms with Crippen molar-refractivity contribution in [2.24, 2.45) is 0 Å². The largest absolute Gasteiger partial charge is 0.322 e. The number of hydrogen-bond acceptors (Lipinski definition) is 2.